The Morgan fingerprint density at radius 1 is 1.06 bits per heavy atom. The van der Waals surface area contributed by atoms with Crippen molar-refractivity contribution >= 4 is 41.1 Å². The summed E-state index contributed by atoms with van der Waals surface area (Å²) in [7, 11) is 1.35. The van der Waals surface area contributed by atoms with Gasteiger partial charge in [-0.25, -0.2) is 5.43 Å². The minimum absolute atomic E-state index is 0.0396. The van der Waals surface area contributed by atoms with E-state index in [2.05, 4.69) is 21.0 Å². The van der Waals surface area contributed by atoms with E-state index in [0.717, 1.165) is 5.06 Å². The van der Waals surface area contributed by atoms with Crippen LogP contribution in [0.15, 0.2) is 96.9 Å². The van der Waals surface area contributed by atoms with E-state index in [9.17, 15) is 44.1 Å². The maximum absolute atomic E-state index is 14.4. The number of allylic oxidation sites excluding steroid dienone is 4. The third-order valence-electron chi connectivity index (χ3n) is 11.1. The van der Waals surface area contributed by atoms with Crippen LogP contribution in [-0.4, -0.2) is 111 Å². The number of benzene rings is 1. The number of phenolic OH excluding ortho intramolecular Hbond substituents is 1. The summed E-state index contributed by atoms with van der Waals surface area (Å²) in [6.07, 6.45) is 11.0. The van der Waals surface area contributed by atoms with Gasteiger partial charge in [0.05, 0.1) is 37.1 Å². The first-order valence-electron chi connectivity index (χ1n) is 21.5. The fourth-order valence-corrected chi connectivity index (χ4v) is 7.30. The molecule has 0 saturated carbocycles. The van der Waals surface area contributed by atoms with Crippen LogP contribution in [0, 0.1) is 17.8 Å². The first-order valence-corrected chi connectivity index (χ1v) is 21.5. The van der Waals surface area contributed by atoms with Crippen molar-refractivity contribution in [3.63, 3.8) is 0 Å². The highest BCUT2D eigenvalue weighted by atomic mass is 16.7. The molecule has 1 aromatic carbocycles. The first kappa shape index (κ1) is 50.6. The molecule has 2 aliphatic rings. The number of phenols is 1. The molecule has 2 aromatic rings. The average Bonchev–Trinajstić information content (AvgIpc) is 3.26. The van der Waals surface area contributed by atoms with E-state index in [1.165, 1.54) is 55.6 Å². The zero-order valence-electron chi connectivity index (χ0n) is 37.3. The number of aromatic nitrogens is 1. The molecule has 0 aliphatic carbocycles. The van der Waals surface area contributed by atoms with Gasteiger partial charge in [0.1, 0.15) is 35.8 Å². The van der Waals surface area contributed by atoms with E-state index in [1.54, 1.807) is 82.5 Å². The summed E-state index contributed by atoms with van der Waals surface area (Å²) in [6.45, 7) is 8.24. The van der Waals surface area contributed by atoms with Crippen LogP contribution >= 0.6 is 0 Å². The number of hydrogen-bond donors (Lipinski definition) is 6. The van der Waals surface area contributed by atoms with Gasteiger partial charge in [-0.2, -0.15) is 5.06 Å². The molecule has 0 radical (unpaired) electrons. The molecule has 346 valence electrons. The Morgan fingerprint density at radius 3 is 2.50 bits per heavy atom. The zero-order chi connectivity index (χ0) is 46.9. The Kier molecular flexibility index (Phi) is 19.6. The van der Waals surface area contributed by atoms with Gasteiger partial charge in [-0.3, -0.25) is 38.8 Å². The van der Waals surface area contributed by atoms with E-state index in [1.807, 2.05) is 0 Å². The number of nitrogens with zero attached hydrogens (tertiary/aromatic N) is 3. The van der Waals surface area contributed by atoms with Gasteiger partial charge in [0.15, 0.2) is 0 Å². The minimum atomic E-state index is -1.44. The Balaban J connectivity index is 1.71. The molecule has 17 heteroatoms. The molecule has 1 fully saturated rings. The number of Topliss-reactive ketones (excluding diaryl/α,β-unsaturated/α-hetero) is 1. The lowest BCUT2D eigenvalue weighted by Gasteiger charge is -2.36. The largest absolute Gasteiger partial charge is 0.508 e. The van der Waals surface area contributed by atoms with Crippen LogP contribution in [0.4, 0.5) is 5.69 Å². The van der Waals surface area contributed by atoms with Crippen molar-refractivity contribution in [3.8, 4) is 5.75 Å². The number of ketones is 1. The number of amides is 4. The van der Waals surface area contributed by atoms with Crippen molar-refractivity contribution in [3.05, 3.63) is 102 Å². The van der Waals surface area contributed by atoms with Gasteiger partial charge in [0.2, 0.25) is 11.8 Å². The third-order valence-corrected chi connectivity index (χ3v) is 11.1. The van der Waals surface area contributed by atoms with E-state index in [0.29, 0.717) is 29.7 Å². The van der Waals surface area contributed by atoms with Crippen LogP contribution in [0.2, 0.25) is 0 Å². The molecule has 64 heavy (non-hydrogen) atoms. The van der Waals surface area contributed by atoms with E-state index < -0.39 is 83.8 Å². The molecule has 4 amide bonds. The molecular weight excluding hydrogens is 825 g/mol. The Hall–Kier alpha value is -6.01. The number of carbonyl (C=O) groups excluding carboxylic acids is 6. The second-order valence-electron chi connectivity index (χ2n) is 16.4. The van der Waals surface area contributed by atoms with Crippen molar-refractivity contribution < 1.29 is 53.7 Å². The van der Waals surface area contributed by atoms with Crippen molar-refractivity contribution in [2.24, 2.45) is 17.8 Å². The van der Waals surface area contributed by atoms with Gasteiger partial charge >= 0.3 is 5.97 Å². The first-order chi connectivity index (χ1) is 30.5. The SMILES string of the molecule is CON(C(=O)/C=C/C=C(\C)[C@@H]1C/C=C/C=C/[C@H](O)[C@H](C)[C@@H](O)[C@@H](CCC(C)=O)C(=O)N[C@@H](C(C)C)C(=O)N[C@@H](Cc2cccc(O)c2)C(=O)N2CCCC(N2)C(=O)O1)c1cccnc1. The Labute approximate surface area is 374 Å². The molecule has 2 aliphatic heterocycles. The smallest absolute Gasteiger partial charge is 0.325 e. The predicted octanol–water partition coefficient (Wildman–Crippen LogP) is 3.32. The van der Waals surface area contributed by atoms with Crippen LogP contribution in [0.25, 0.3) is 0 Å². The minimum Gasteiger partial charge on any atom is -0.508 e. The topological polar surface area (TPSA) is 237 Å². The quantitative estimate of drug-likeness (QED) is 0.0824. The molecule has 17 nitrogen and oxygen atoms in total. The number of hydroxylamine groups is 1. The number of aromatic hydroxyl groups is 1. The lowest BCUT2D eigenvalue weighted by molar-refractivity contribution is -0.156. The molecule has 4 rings (SSSR count). The second-order valence-corrected chi connectivity index (χ2v) is 16.4. The third kappa shape index (κ3) is 14.8. The summed E-state index contributed by atoms with van der Waals surface area (Å²) in [5.41, 5.74) is 4.50. The molecule has 3 heterocycles. The molecule has 1 aromatic heterocycles. The van der Waals surface area contributed by atoms with Gasteiger partial charge in [-0.05, 0) is 74.4 Å². The summed E-state index contributed by atoms with van der Waals surface area (Å²) in [5, 5.41) is 40.7. The number of cyclic esters (lactones) is 1. The number of rotatable bonds is 11. The lowest BCUT2D eigenvalue weighted by Crippen LogP contribution is -2.62. The maximum Gasteiger partial charge on any atom is 0.325 e. The Bertz CT molecular complexity index is 2050. The van der Waals surface area contributed by atoms with Crippen molar-refractivity contribution in [2.75, 3.05) is 18.7 Å². The number of hydrazine groups is 1. The van der Waals surface area contributed by atoms with Gasteiger partial charge in [0, 0.05) is 44.0 Å². The normalized spacial score (nSPS) is 26.8. The number of hydrogen-bond acceptors (Lipinski definition) is 13. The van der Waals surface area contributed by atoms with Crippen molar-refractivity contribution in [2.45, 2.75) is 110 Å². The molecule has 8 atom stereocenters. The van der Waals surface area contributed by atoms with Gasteiger partial charge in [-0.1, -0.05) is 69.4 Å². The number of esters is 1. The fraction of sp³-hybridized carbons (Fsp3) is 0.468. The number of ether oxygens (including phenoxy) is 1. The summed E-state index contributed by atoms with van der Waals surface area (Å²) in [4.78, 5) is 90.7. The van der Waals surface area contributed by atoms with Crippen LogP contribution in [0.3, 0.4) is 0 Å². The monoisotopic (exact) mass is 886 g/mol. The van der Waals surface area contributed by atoms with E-state index in [4.69, 9.17) is 9.57 Å². The number of aliphatic hydroxyl groups is 2. The van der Waals surface area contributed by atoms with Crippen LogP contribution in [-0.2, 0) is 44.8 Å². The van der Waals surface area contributed by atoms with E-state index >= 15 is 0 Å². The molecule has 1 saturated heterocycles. The molecule has 0 spiro atoms. The Morgan fingerprint density at radius 2 is 1.83 bits per heavy atom. The number of carbonyl (C=O) groups is 6. The molecule has 2 bridgehead atoms. The number of nitrogens with one attached hydrogen (secondary N) is 3. The predicted molar refractivity (Wildman–Crippen MR) is 237 cm³/mol. The van der Waals surface area contributed by atoms with Gasteiger partial charge < -0.3 is 35.5 Å². The standard InChI is InChI=1S/C47H62N6O11/c1-29(2)42-45(60)49-38(27-33-15-11-17-35(55)26-33)46(61)52-25-13-18-37(51-52)47(62)64-40(30(3)14-10-21-41(57)53(63-6)34-16-12-24-48-28-34)20-9-7-8-19-39(56)32(5)43(58)36(44(59)50-42)23-22-31(4)54/h7-12,14-17,19,21,24,26,28-29,32,36-40,42-43,51,55-56,58H,13,18,20,22-23,25,27H2,1-6H3,(H,49,60)(H,50,59)/b9-7+,19-8+,21-10+,30-14+/t32-,36+,37?,38-,39-,40-,42-,43+/m0/s1. The molecule has 6 N–H and O–H groups in total. The molecule has 1 unspecified atom stereocenters. The number of aliphatic hydroxyl groups excluding tert-OH is 2. The lowest BCUT2D eigenvalue weighted by atomic mass is 9.84. The highest BCUT2D eigenvalue weighted by molar-refractivity contribution is 5.99. The maximum atomic E-state index is 14.4. The van der Waals surface area contributed by atoms with Crippen LogP contribution in [0.5, 0.6) is 5.75 Å². The van der Waals surface area contributed by atoms with Crippen LogP contribution < -0.4 is 21.1 Å². The average molecular weight is 887 g/mol. The van der Waals surface area contributed by atoms with Crippen molar-refractivity contribution in [1.82, 2.24) is 26.1 Å². The zero-order valence-corrected chi connectivity index (χ0v) is 37.3. The summed E-state index contributed by atoms with van der Waals surface area (Å²) in [5.74, 6) is -6.01. The summed E-state index contributed by atoms with van der Waals surface area (Å²) in [6, 6.07) is 6.14. The number of fused-ring (bicyclic) bond motifs is 2. The van der Waals surface area contributed by atoms with Crippen LogP contribution in [0.1, 0.15) is 72.3 Å². The highest BCUT2D eigenvalue weighted by Gasteiger charge is 2.38. The summed E-state index contributed by atoms with van der Waals surface area (Å²) >= 11 is 0. The van der Waals surface area contributed by atoms with Gasteiger partial charge in [0.25, 0.3) is 11.8 Å². The van der Waals surface area contributed by atoms with E-state index in [-0.39, 0.29) is 43.8 Å². The number of anilines is 1. The van der Waals surface area contributed by atoms with Gasteiger partial charge in [-0.15, -0.1) is 0 Å². The fourth-order valence-electron chi connectivity index (χ4n) is 7.30. The second kappa shape index (κ2) is 24.7. The number of pyridine rings is 1. The highest BCUT2D eigenvalue weighted by Crippen LogP contribution is 2.24. The molecular formula is C47H62N6O11. The summed E-state index contributed by atoms with van der Waals surface area (Å²) < 4.78 is 6.06. The van der Waals surface area contributed by atoms with Crippen molar-refractivity contribution in [1.29, 1.82) is 0 Å².